The topological polar surface area (TPSA) is 153 Å². The minimum atomic E-state index is -1.12. The molecule has 0 aliphatic carbocycles. The first kappa shape index (κ1) is 30.8. The van der Waals surface area contributed by atoms with E-state index in [-0.39, 0.29) is 59.2 Å². The van der Waals surface area contributed by atoms with Gasteiger partial charge in [-0.25, -0.2) is 4.79 Å². The van der Waals surface area contributed by atoms with E-state index >= 15 is 0 Å². The number of carboxylic acids is 1. The second-order valence-corrected chi connectivity index (χ2v) is 11.0. The summed E-state index contributed by atoms with van der Waals surface area (Å²) in [4.78, 5) is 60.9. The van der Waals surface area contributed by atoms with Crippen LogP contribution in [0.3, 0.4) is 0 Å². The predicted molar refractivity (Wildman–Crippen MR) is 141 cm³/mol. The minimum absolute atomic E-state index is 0.00268. The zero-order chi connectivity index (χ0) is 28.0. The number of hydrogen-bond acceptors (Lipinski definition) is 8. The number of ketones is 1. The van der Waals surface area contributed by atoms with Gasteiger partial charge in [0.1, 0.15) is 11.5 Å². The van der Waals surface area contributed by atoms with Gasteiger partial charge >= 0.3 is 5.97 Å². The van der Waals surface area contributed by atoms with Crippen molar-refractivity contribution >= 4 is 42.6 Å². The summed E-state index contributed by atoms with van der Waals surface area (Å²) in [5.74, 6) is -1.46. The number of nitrogens with zero attached hydrogens (tertiary/aromatic N) is 3. The lowest BCUT2D eigenvalue weighted by Crippen LogP contribution is -2.62. The van der Waals surface area contributed by atoms with E-state index in [2.05, 4.69) is 17.9 Å². The van der Waals surface area contributed by atoms with Gasteiger partial charge in [0.2, 0.25) is 18.2 Å². The number of β-lactam (4-membered cyclic amide) rings is 1. The molecule has 208 valence electrons. The largest absolute Gasteiger partial charge is 0.477 e. The number of aliphatic carboxylic acids is 1. The minimum Gasteiger partial charge on any atom is -0.477 e. The molecule has 3 amide bonds. The van der Waals surface area contributed by atoms with Crippen LogP contribution in [0, 0.1) is 17.8 Å². The van der Waals surface area contributed by atoms with Gasteiger partial charge in [0.15, 0.2) is 0 Å². The number of carbonyl (C=O) groups excluding carboxylic acids is 4. The van der Waals surface area contributed by atoms with E-state index in [1.165, 1.54) is 16.7 Å². The fourth-order valence-electron chi connectivity index (χ4n) is 5.30. The van der Waals surface area contributed by atoms with E-state index in [1.807, 2.05) is 18.7 Å². The molecule has 0 unspecified atom stereocenters. The molecule has 0 radical (unpaired) electrons. The number of nitrogens with one attached hydrogen (secondary N) is 1. The molecular formula is C25H41N5O6S. The molecule has 0 aromatic rings. The third-order valence-corrected chi connectivity index (χ3v) is 7.77. The molecule has 0 spiro atoms. The van der Waals surface area contributed by atoms with E-state index in [0.717, 1.165) is 45.3 Å². The quantitative estimate of drug-likeness (QED) is 0.214. The summed E-state index contributed by atoms with van der Waals surface area (Å²) in [6.45, 7) is 7.81. The van der Waals surface area contributed by atoms with E-state index in [1.54, 1.807) is 14.1 Å². The Hall–Kier alpha value is -2.44. The van der Waals surface area contributed by atoms with Crippen LogP contribution in [0.1, 0.15) is 46.5 Å². The number of Topliss-reactive ketones (excluding diaryl/α,β-unsaturated/α-hetero) is 1. The highest BCUT2D eigenvalue weighted by molar-refractivity contribution is 7.84. The maximum absolute atomic E-state index is 12.2. The summed E-state index contributed by atoms with van der Waals surface area (Å²) in [5, 5.41) is 12.4. The van der Waals surface area contributed by atoms with Gasteiger partial charge in [-0.2, -0.15) is 0 Å². The molecule has 4 heterocycles. The normalized spacial score (nSPS) is 28.8. The van der Waals surface area contributed by atoms with Gasteiger partial charge < -0.3 is 35.7 Å². The monoisotopic (exact) mass is 539 g/mol. The average molecular weight is 540 g/mol. The highest BCUT2D eigenvalue weighted by Crippen LogP contribution is 2.49. The van der Waals surface area contributed by atoms with Crippen LogP contribution in [0.4, 0.5) is 0 Å². The van der Waals surface area contributed by atoms with Crippen LogP contribution in [0.2, 0.25) is 0 Å². The molecule has 12 heteroatoms. The molecule has 4 N–H and O–H groups in total. The maximum Gasteiger partial charge on any atom is 0.353 e. The molecule has 4 aliphatic heterocycles. The summed E-state index contributed by atoms with van der Waals surface area (Å²) in [6.07, 6.45) is 4.16. The molecule has 0 saturated carbocycles. The van der Waals surface area contributed by atoms with Gasteiger partial charge in [0.05, 0.1) is 18.0 Å². The maximum atomic E-state index is 12.2. The molecular weight excluding hydrogens is 498 g/mol. The molecule has 11 nitrogen and oxygen atoms in total. The Morgan fingerprint density at radius 3 is 2.35 bits per heavy atom. The van der Waals surface area contributed by atoms with Crippen LogP contribution in [-0.2, 0) is 24.0 Å². The summed E-state index contributed by atoms with van der Waals surface area (Å²) < 4.78 is 0. The Balaban J connectivity index is 0.000000230. The van der Waals surface area contributed by atoms with Crippen LogP contribution in [0.15, 0.2) is 10.6 Å². The van der Waals surface area contributed by atoms with Crippen molar-refractivity contribution in [1.82, 2.24) is 20.0 Å². The standard InChI is InChI=1S/C13H17NO4S.C9H17N3O.C3H7NO/c1-5(4-6(2)15)8-9-7(3)11(19)10(13(17)18)14(9)12(8)16;10-7-3-5-12(6-7)9(13)8-2-1-4-11-8;1-4(2)3-5/h5,7-9,19H,4H2,1-3H3,(H,17,18);7-8,11H,1-6,10H2;3H,1-2H3/t5-,7+,8+,9-;7-,8-;/m00./s1. The lowest BCUT2D eigenvalue weighted by molar-refractivity contribution is -0.160. The average Bonchev–Trinajstić information content (AvgIpc) is 3.55. The third-order valence-electron chi connectivity index (χ3n) is 7.15. The van der Waals surface area contributed by atoms with E-state index in [0.29, 0.717) is 11.3 Å². The summed E-state index contributed by atoms with van der Waals surface area (Å²) in [7, 11) is 3.38. The zero-order valence-electron chi connectivity index (χ0n) is 22.3. The lowest BCUT2D eigenvalue weighted by Gasteiger charge is -2.47. The Morgan fingerprint density at radius 1 is 1.30 bits per heavy atom. The molecule has 37 heavy (non-hydrogen) atoms. The summed E-state index contributed by atoms with van der Waals surface area (Å²) in [6, 6.07) is 0.108. The molecule has 4 aliphatic rings. The van der Waals surface area contributed by atoms with Crippen molar-refractivity contribution in [2.45, 2.75) is 64.6 Å². The van der Waals surface area contributed by atoms with Crippen LogP contribution >= 0.6 is 12.6 Å². The van der Waals surface area contributed by atoms with Gasteiger partial charge in [-0.05, 0) is 38.6 Å². The number of fused-ring (bicyclic) bond motifs is 1. The van der Waals surface area contributed by atoms with Gasteiger partial charge in [-0.15, -0.1) is 12.6 Å². The number of nitrogens with two attached hydrogens (primary N) is 1. The molecule has 0 aromatic carbocycles. The first-order chi connectivity index (χ1) is 17.3. The predicted octanol–water partition coefficient (Wildman–Crippen LogP) is 0.307. The Labute approximate surface area is 224 Å². The van der Waals surface area contributed by atoms with Crippen molar-refractivity contribution < 1.29 is 29.1 Å². The highest BCUT2D eigenvalue weighted by atomic mass is 32.1. The van der Waals surface area contributed by atoms with Crippen molar-refractivity contribution in [3.8, 4) is 0 Å². The highest BCUT2D eigenvalue weighted by Gasteiger charge is 2.59. The number of carboxylic acid groups (broad SMARTS) is 1. The number of likely N-dealkylation sites (tertiary alicyclic amines) is 1. The van der Waals surface area contributed by atoms with E-state index in [4.69, 9.17) is 10.8 Å². The second-order valence-electron chi connectivity index (χ2n) is 10.5. The van der Waals surface area contributed by atoms with Crippen molar-refractivity contribution in [2.75, 3.05) is 33.7 Å². The third kappa shape index (κ3) is 7.32. The van der Waals surface area contributed by atoms with Gasteiger partial charge in [-0.3, -0.25) is 14.4 Å². The molecule has 6 atom stereocenters. The zero-order valence-corrected chi connectivity index (χ0v) is 23.2. The lowest BCUT2D eigenvalue weighted by atomic mass is 9.73. The van der Waals surface area contributed by atoms with Crippen molar-refractivity contribution in [3.05, 3.63) is 10.6 Å². The molecule has 4 rings (SSSR count). The first-order valence-electron chi connectivity index (χ1n) is 12.7. The fourth-order valence-corrected chi connectivity index (χ4v) is 5.66. The number of thiol groups is 1. The SMILES string of the molecule is CC(=O)C[C@H](C)[C@H]1C(=O)N2C(C(=O)O)=C(S)[C@H](C)[C@@H]12.CN(C)C=O.N[C@H]1CCN(C(=O)[C@@H]2CCCN2)C1. The van der Waals surface area contributed by atoms with Gasteiger partial charge in [0.25, 0.3) is 0 Å². The Kier molecular flexibility index (Phi) is 11.1. The van der Waals surface area contributed by atoms with Crippen LogP contribution in [0.5, 0.6) is 0 Å². The molecule has 3 fully saturated rings. The van der Waals surface area contributed by atoms with Crippen molar-refractivity contribution in [1.29, 1.82) is 0 Å². The number of carbonyl (C=O) groups is 5. The molecule has 3 saturated heterocycles. The van der Waals surface area contributed by atoms with E-state index in [9.17, 15) is 24.0 Å². The van der Waals surface area contributed by atoms with Crippen molar-refractivity contribution in [2.24, 2.45) is 23.5 Å². The van der Waals surface area contributed by atoms with Crippen LogP contribution in [0.25, 0.3) is 0 Å². The van der Waals surface area contributed by atoms with Crippen LogP contribution in [-0.4, -0.2) is 102 Å². The second kappa shape index (κ2) is 13.4. The summed E-state index contributed by atoms with van der Waals surface area (Å²) in [5.41, 5.74) is 5.74. The summed E-state index contributed by atoms with van der Waals surface area (Å²) >= 11 is 4.24. The fraction of sp³-hybridized carbons (Fsp3) is 0.720. The molecule has 0 aromatic heterocycles. The van der Waals surface area contributed by atoms with Crippen molar-refractivity contribution in [3.63, 3.8) is 0 Å². The number of amides is 3. The first-order valence-corrected chi connectivity index (χ1v) is 13.1. The smallest absolute Gasteiger partial charge is 0.353 e. The Bertz CT molecular complexity index is 919. The molecule has 0 bridgehead atoms. The van der Waals surface area contributed by atoms with Gasteiger partial charge in [-0.1, -0.05) is 13.8 Å². The van der Waals surface area contributed by atoms with E-state index < -0.39 is 5.97 Å². The van der Waals surface area contributed by atoms with Crippen LogP contribution < -0.4 is 11.1 Å². The number of hydrogen-bond donors (Lipinski definition) is 4. The van der Waals surface area contributed by atoms with Gasteiger partial charge in [0, 0.05) is 50.5 Å². The Morgan fingerprint density at radius 2 is 1.92 bits per heavy atom. The number of rotatable bonds is 6.